The molecule has 1 heterocycles. The number of hydroxylamine groups is 2. The van der Waals surface area contributed by atoms with E-state index in [1.165, 1.54) is 5.56 Å². The molecule has 2 rings (SSSR count). The molecule has 3 nitrogen and oxygen atoms in total. The van der Waals surface area contributed by atoms with Crippen LogP contribution in [0.2, 0.25) is 0 Å². The molecule has 0 saturated carbocycles. The monoisotopic (exact) mass is 235 g/mol. The second-order valence-corrected chi connectivity index (χ2v) is 5.47. The molecule has 0 bridgehead atoms. The molecule has 17 heavy (non-hydrogen) atoms. The van der Waals surface area contributed by atoms with Crippen LogP contribution in [0.1, 0.15) is 38.8 Å². The van der Waals surface area contributed by atoms with Gasteiger partial charge in [-0.25, -0.2) is 0 Å². The zero-order valence-electron chi connectivity index (χ0n) is 11.0. The minimum Gasteiger partial charge on any atom is -0.345 e. The number of hydrogen-bond donors (Lipinski definition) is 0. The van der Waals surface area contributed by atoms with E-state index in [2.05, 4.69) is 24.3 Å². The Kier molecular flexibility index (Phi) is 3.52. The first-order valence-corrected chi connectivity index (χ1v) is 6.08. The van der Waals surface area contributed by atoms with E-state index in [1.54, 1.807) is 0 Å². The van der Waals surface area contributed by atoms with Crippen LogP contribution in [0.25, 0.3) is 0 Å². The van der Waals surface area contributed by atoms with E-state index >= 15 is 0 Å². The fourth-order valence-electron chi connectivity index (χ4n) is 2.12. The van der Waals surface area contributed by atoms with E-state index in [0.29, 0.717) is 0 Å². The Balaban J connectivity index is 2.03. The number of nitrogens with zero attached hydrogens (tertiary/aromatic N) is 1. The highest BCUT2D eigenvalue weighted by Crippen LogP contribution is 2.34. The number of rotatable bonds is 2. The summed E-state index contributed by atoms with van der Waals surface area (Å²) in [4.78, 5) is 5.72. The van der Waals surface area contributed by atoms with Crippen LogP contribution < -0.4 is 0 Å². The highest BCUT2D eigenvalue weighted by Gasteiger charge is 2.34. The van der Waals surface area contributed by atoms with E-state index in [-0.39, 0.29) is 17.9 Å². The zero-order chi connectivity index (χ0) is 12.5. The molecular weight excluding hydrogens is 214 g/mol. The van der Waals surface area contributed by atoms with E-state index in [0.717, 1.165) is 6.42 Å². The maximum absolute atomic E-state index is 5.86. The van der Waals surface area contributed by atoms with Crippen molar-refractivity contribution in [2.75, 3.05) is 7.05 Å². The maximum Gasteiger partial charge on any atom is 0.180 e. The van der Waals surface area contributed by atoms with Crippen molar-refractivity contribution < 1.29 is 9.57 Å². The molecule has 0 unspecified atom stereocenters. The molecule has 0 radical (unpaired) electrons. The molecule has 0 spiro atoms. The Morgan fingerprint density at radius 1 is 1.24 bits per heavy atom. The third-order valence-corrected chi connectivity index (χ3v) is 2.81. The van der Waals surface area contributed by atoms with Crippen LogP contribution in [-0.2, 0) is 9.57 Å². The molecule has 0 aliphatic carbocycles. The van der Waals surface area contributed by atoms with Gasteiger partial charge in [0, 0.05) is 13.5 Å². The summed E-state index contributed by atoms with van der Waals surface area (Å²) in [6.45, 7) is 6.14. The molecule has 1 aromatic carbocycles. The number of ether oxygens (including phenoxy) is 1. The van der Waals surface area contributed by atoms with Crippen LogP contribution >= 0.6 is 0 Å². The summed E-state index contributed by atoms with van der Waals surface area (Å²) in [6, 6.07) is 10.7. The smallest absolute Gasteiger partial charge is 0.180 e. The largest absolute Gasteiger partial charge is 0.345 e. The van der Waals surface area contributed by atoms with Crippen molar-refractivity contribution in [3.8, 4) is 0 Å². The third-order valence-electron chi connectivity index (χ3n) is 2.81. The lowest BCUT2D eigenvalue weighted by Gasteiger charge is -2.23. The molecule has 0 aromatic heterocycles. The number of benzene rings is 1. The molecule has 0 N–H and O–H groups in total. The van der Waals surface area contributed by atoms with Gasteiger partial charge in [-0.2, -0.15) is 5.06 Å². The Morgan fingerprint density at radius 3 is 2.47 bits per heavy atom. The Bertz CT molecular complexity index is 358. The first kappa shape index (κ1) is 12.6. The molecule has 1 fully saturated rings. The van der Waals surface area contributed by atoms with E-state index in [9.17, 15) is 0 Å². The zero-order valence-corrected chi connectivity index (χ0v) is 11.0. The van der Waals surface area contributed by atoms with Crippen molar-refractivity contribution in [1.82, 2.24) is 5.06 Å². The lowest BCUT2D eigenvalue weighted by molar-refractivity contribution is -0.256. The Hall–Kier alpha value is -0.900. The highest BCUT2D eigenvalue weighted by atomic mass is 16.8. The van der Waals surface area contributed by atoms with Crippen molar-refractivity contribution >= 4 is 0 Å². The van der Waals surface area contributed by atoms with Crippen LogP contribution in [0.5, 0.6) is 0 Å². The summed E-state index contributed by atoms with van der Waals surface area (Å²) in [5.41, 5.74) is 1.10. The van der Waals surface area contributed by atoms with Crippen molar-refractivity contribution in [1.29, 1.82) is 0 Å². The van der Waals surface area contributed by atoms with Gasteiger partial charge in [0.05, 0.1) is 11.6 Å². The lowest BCUT2D eigenvalue weighted by Crippen LogP contribution is -2.27. The fourth-order valence-corrected chi connectivity index (χ4v) is 2.12. The van der Waals surface area contributed by atoms with Gasteiger partial charge in [-0.1, -0.05) is 30.3 Å². The Morgan fingerprint density at radius 2 is 1.88 bits per heavy atom. The summed E-state index contributed by atoms with van der Waals surface area (Å²) in [5, 5.41) is 1.89. The van der Waals surface area contributed by atoms with Crippen LogP contribution in [-0.4, -0.2) is 24.0 Å². The third kappa shape index (κ3) is 3.28. The van der Waals surface area contributed by atoms with Gasteiger partial charge in [0.15, 0.2) is 6.29 Å². The minimum absolute atomic E-state index is 0.148. The SMILES string of the molecule is CN1O[C@@H](OC(C)(C)C)C[C@H]1c1ccccc1. The summed E-state index contributed by atoms with van der Waals surface area (Å²) in [6.07, 6.45) is 0.725. The van der Waals surface area contributed by atoms with Crippen molar-refractivity contribution in [2.45, 2.75) is 45.1 Å². The van der Waals surface area contributed by atoms with E-state index in [1.807, 2.05) is 38.9 Å². The van der Waals surface area contributed by atoms with Gasteiger partial charge < -0.3 is 4.74 Å². The van der Waals surface area contributed by atoms with Gasteiger partial charge in [-0.3, -0.25) is 4.84 Å². The van der Waals surface area contributed by atoms with Gasteiger partial charge in [0.2, 0.25) is 0 Å². The predicted molar refractivity (Wildman–Crippen MR) is 67.3 cm³/mol. The standard InChI is InChI=1S/C14H21NO2/c1-14(2,3)16-13-10-12(15(4)17-13)11-8-6-5-7-9-11/h5-9,12-13H,10H2,1-4H3/t12-,13+/m0/s1. The van der Waals surface area contributed by atoms with E-state index < -0.39 is 0 Å². The average Bonchev–Trinajstić information content (AvgIpc) is 2.58. The highest BCUT2D eigenvalue weighted by molar-refractivity contribution is 5.19. The fraction of sp³-hybridized carbons (Fsp3) is 0.571. The van der Waals surface area contributed by atoms with Crippen molar-refractivity contribution in [3.05, 3.63) is 35.9 Å². The Labute approximate surface area is 103 Å². The molecular formula is C14H21NO2. The summed E-state index contributed by atoms with van der Waals surface area (Å²) in [7, 11) is 1.96. The minimum atomic E-state index is -0.170. The first-order valence-electron chi connectivity index (χ1n) is 6.08. The van der Waals surface area contributed by atoms with Gasteiger partial charge >= 0.3 is 0 Å². The summed E-state index contributed by atoms with van der Waals surface area (Å²) < 4.78 is 5.86. The molecule has 94 valence electrons. The van der Waals surface area contributed by atoms with Gasteiger partial charge in [-0.15, -0.1) is 0 Å². The number of hydrogen-bond acceptors (Lipinski definition) is 3. The topological polar surface area (TPSA) is 21.7 Å². The second-order valence-electron chi connectivity index (χ2n) is 5.47. The van der Waals surface area contributed by atoms with Crippen molar-refractivity contribution in [3.63, 3.8) is 0 Å². The molecule has 2 atom stereocenters. The van der Waals surface area contributed by atoms with Gasteiger partial charge in [-0.05, 0) is 26.3 Å². The second kappa shape index (κ2) is 4.77. The van der Waals surface area contributed by atoms with Crippen molar-refractivity contribution in [2.24, 2.45) is 0 Å². The quantitative estimate of drug-likeness (QED) is 0.786. The molecule has 1 aliphatic heterocycles. The van der Waals surface area contributed by atoms with Crippen LogP contribution in [0.4, 0.5) is 0 Å². The predicted octanol–water partition coefficient (Wildman–Crippen LogP) is 3.14. The molecule has 1 saturated heterocycles. The van der Waals surface area contributed by atoms with Gasteiger partial charge in [0.1, 0.15) is 0 Å². The summed E-state index contributed by atoms with van der Waals surface area (Å²) in [5.74, 6) is 0. The normalized spacial score (nSPS) is 26.4. The first-order chi connectivity index (χ1) is 7.96. The lowest BCUT2D eigenvalue weighted by atomic mass is 10.0. The molecule has 1 aliphatic rings. The molecule has 0 amide bonds. The van der Waals surface area contributed by atoms with E-state index in [4.69, 9.17) is 9.57 Å². The molecule has 3 heteroatoms. The van der Waals surface area contributed by atoms with Crippen LogP contribution in [0.3, 0.4) is 0 Å². The maximum atomic E-state index is 5.86. The van der Waals surface area contributed by atoms with Gasteiger partial charge in [0.25, 0.3) is 0 Å². The van der Waals surface area contributed by atoms with Crippen LogP contribution in [0.15, 0.2) is 30.3 Å². The van der Waals surface area contributed by atoms with Crippen LogP contribution in [0, 0.1) is 0 Å². The molecule has 1 aromatic rings. The summed E-state index contributed by atoms with van der Waals surface area (Å²) >= 11 is 0. The average molecular weight is 235 g/mol.